The van der Waals surface area contributed by atoms with Crippen molar-refractivity contribution in [3.63, 3.8) is 0 Å². The van der Waals surface area contributed by atoms with Crippen molar-refractivity contribution in [2.45, 2.75) is 31.7 Å². The van der Waals surface area contributed by atoms with Crippen LogP contribution >= 0.6 is 11.6 Å². The smallest absolute Gasteiger partial charge is 0.226 e. The zero-order chi connectivity index (χ0) is 20.0. The Morgan fingerprint density at radius 2 is 1.93 bits per heavy atom. The topological polar surface area (TPSA) is 80.6 Å². The van der Waals surface area contributed by atoms with Gasteiger partial charge in [-0.25, -0.2) is 4.98 Å². The van der Waals surface area contributed by atoms with E-state index in [0.717, 1.165) is 48.4 Å². The molecule has 150 valence electrons. The van der Waals surface area contributed by atoms with Crippen molar-refractivity contribution in [3.8, 4) is 17.0 Å². The van der Waals surface area contributed by atoms with Crippen LogP contribution in [0.4, 0.5) is 5.82 Å². The SMILES string of the molecule is COc1ccc(-c2ccc3c(N4C[C@H]5CC[C@@H](C4)O5)nc(Cl)nc3n2)cc1CO. The van der Waals surface area contributed by atoms with E-state index in [1.165, 1.54) is 0 Å². The highest BCUT2D eigenvalue weighted by atomic mass is 35.5. The quantitative estimate of drug-likeness (QED) is 0.659. The first-order valence-corrected chi connectivity index (χ1v) is 10.0. The van der Waals surface area contributed by atoms with Crippen LogP contribution in [0.1, 0.15) is 18.4 Å². The number of nitrogens with zero attached hydrogens (tertiary/aromatic N) is 4. The Kier molecular flexibility index (Phi) is 4.73. The fraction of sp³-hybridized carbons (Fsp3) is 0.381. The molecule has 29 heavy (non-hydrogen) atoms. The van der Waals surface area contributed by atoms with E-state index in [4.69, 9.17) is 26.1 Å². The molecule has 5 rings (SSSR count). The maximum Gasteiger partial charge on any atom is 0.226 e. The standard InChI is InChI=1S/C21H21ClN4O3/c1-28-18-7-2-12(8-13(18)11-27)17-6-5-16-19(23-17)24-21(22)25-20(16)26-9-14-3-4-15(10-26)29-14/h2,5-8,14-15,27H,3-4,9-11H2,1H3/t14-,15+. The van der Waals surface area contributed by atoms with Crippen molar-refractivity contribution in [1.82, 2.24) is 15.0 Å². The molecule has 7 nitrogen and oxygen atoms in total. The number of methoxy groups -OCH3 is 1. The minimum atomic E-state index is -0.109. The Morgan fingerprint density at radius 1 is 1.14 bits per heavy atom. The van der Waals surface area contributed by atoms with Crippen LogP contribution in [-0.4, -0.2) is 52.5 Å². The molecule has 0 saturated carbocycles. The van der Waals surface area contributed by atoms with E-state index in [9.17, 15) is 5.11 Å². The maximum absolute atomic E-state index is 9.60. The van der Waals surface area contributed by atoms with Gasteiger partial charge >= 0.3 is 0 Å². The van der Waals surface area contributed by atoms with Crippen molar-refractivity contribution in [3.05, 3.63) is 41.2 Å². The van der Waals surface area contributed by atoms with Gasteiger partial charge in [0, 0.05) is 24.2 Å². The van der Waals surface area contributed by atoms with Crippen molar-refractivity contribution in [2.75, 3.05) is 25.1 Å². The molecule has 2 fully saturated rings. The molecule has 2 bridgehead atoms. The van der Waals surface area contributed by atoms with Gasteiger partial charge in [-0.05, 0) is 54.8 Å². The summed E-state index contributed by atoms with van der Waals surface area (Å²) in [6.45, 7) is 1.50. The Hall–Kier alpha value is -2.48. The van der Waals surface area contributed by atoms with Gasteiger partial charge in [-0.3, -0.25) is 0 Å². The molecule has 1 aromatic carbocycles. The first-order valence-electron chi connectivity index (χ1n) is 9.67. The molecule has 2 atom stereocenters. The van der Waals surface area contributed by atoms with Gasteiger partial charge in [-0.15, -0.1) is 0 Å². The highest BCUT2D eigenvalue weighted by Crippen LogP contribution is 2.33. The second-order valence-electron chi connectivity index (χ2n) is 7.43. The zero-order valence-corrected chi connectivity index (χ0v) is 16.8. The Labute approximate surface area is 173 Å². The molecule has 2 aliphatic heterocycles. The third-order valence-corrected chi connectivity index (χ3v) is 5.77. The molecule has 0 unspecified atom stereocenters. The average molecular weight is 413 g/mol. The number of hydrogen-bond donors (Lipinski definition) is 1. The number of ether oxygens (including phenoxy) is 2. The van der Waals surface area contributed by atoms with Crippen LogP contribution in [0.15, 0.2) is 30.3 Å². The average Bonchev–Trinajstić information content (AvgIpc) is 3.09. The van der Waals surface area contributed by atoms with Crippen LogP contribution in [0.25, 0.3) is 22.3 Å². The first kappa shape index (κ1) is 18.5. The number of aromatic nitrogens is 3. The van der Waals surface area contributed by atoms with Gasteiger partial charge in [0.25, 0.3) is 0 Å². The molecule has 0 radical (unpaired) electrons. The number of hydrogen-bond acceptors (Lipinski definition) is 7. The minimum Gasteiger partial charge on any atom is -0.496 e. The zero-order valence-electron chi connectivity index (χ0n) is 16.0. The lowest BCUT2D eigenvalue weighted by molar-refractivity contribution is 0.0303. The van der Waals surface area contributed by atoms with Gasteiger partial charge in [-0.2, -0.15) is 9.97 Å². The lowest BCUT2D eigenvalue weighted by Crippen LogP contribution is -2.43. The van der Waals surface area contributed by atoms with E-state index < -0.39 is 0 Å². The highest BCUT2D eigenvalue weighted by Gasteiger charge is 2.35. The summed E-state index contributed by atoms with van der Waals surface area (Å²) in [5, 5.41) is 10.7. The van der Waals surface area contributed by atoms with Crippen molar-refractivity contribution in [1.29, 1.82) is 0 Å². The van der Waals surface area contributed by atoms with E-state index in [2.05, 4.69) is 14.9 Å². The number of aliphatic hydroxyl groups excluding tert-OH is 1. The summed E-state index contributed by atoms with van der Waals surface area (Å²) in [5.74, 6) is 1.46. The second-order valence-corrected chi connectivity index (χ2v) is 7.77. The van der Waals surface area contributed by atoms with E-state index in [1.54, 1.807) is 7.11 Å². The molecule has 0 spiro atoms. The number of rotatable bonds is 4. The molecule has 1 N–H and O–H groups in total. The lowest BCUT2D eigenvalue weighted by Gasteiger charge is -2.33. The normalized spacial score (nSPS) is 21.0. The number of aliphatic hydroxyl groups is 1. The molecule has 0 aliphatic carbocycles. The molecule has 8 heteroatoms. The summed E-state index contributed by atoms with van der Waals surface area (Å²) in [7, 11) is 1.58. The fourth-order valence-corrected chi connectivity index (χ4v) is 4.38. The highest BCUT2D eigenvalue weighted by molar-refractivity contribution is 6.28. The van der Waals surface area contributed by atoms with Crippen LogP contribution in [-0.2, 0) is 11.3 Å². The Bertz CT molecular complexity index is 1070. The molecule has 0 amide bonds. The van der Waals surface area contributed by atoms with E-state index in [1.807, 2.05) is 30.3 Å². The Morgan fingerprint density at radius 3 is 2.66 bits per heavy atom. The fourth-order valence-electron chi connectivity index (χ4n) is 4.22. The molecule has 2 aliphatic rings. The predicted molar refractivity (Wildman–Crippen MR) is 110 cm³/mol. The predicted octanol–water partition coefficient (Wildman–Crippen LogP) is 3.21. The summed E-state index contributed by atoms with van der Waals surface area (Å²) in [6.07, 6.45) is 2.68. The first-order chi connectivity index (χ1) is 14.1. The van der Waals surface area contributed by atoms with Gasteiger partial charge < -0.3 is 19.5 Å². The van der Waals surface area contributed by atoms with Gasteiger partial charge in [0.15, 0.2) is 5.65 Å². The number of benzene rings is 1. The van der Waals surface area contributed by atoms with Gasteiger partial charge in [0.05, 0.1) is 37.0 Å². The number of fused-ring (bicyclic) bond motifs is 3. The number of pyridine rings is 1. The largest absolute Gasteiger partial charge is 0.496 e. The third-order valence-electron chi connectivity index (χ3n) is 5.60. The molecule has 2 saturated heterocycles. The third kappa shape index (κ3) is 3.39. The monoisotopic (exact) mass is 412 g/mol. The summed E-state index contributed by atoms with van der Waals surface area (Å²) in [6, 6.07) is 9.55. The summed E-state index contributed by atoms with van der Waals surface area (Å²) in [5.41, 5.74) is 2.88. The van der Waals surface area contributed by atoms with E-state index >= 15 is 0 Å². The van der Waals surface area contributed by atoms with E-state index in [0.29, 0.717) is 17.0 Å². The van der Waals surface area contributed by atoms with Crippen LogP contribution in [0.5, 0.6) is 5.75 Å². The molecule has 3 aromatic rings. The number of halogens is 1. The molecular formula is C21H21ClN4O3. The van der Waals surface area contributed by atoms with Crippen LogP contribution in [0.2, 0.25) is 5.28 Å². The minimum absolute atomic E-state index is 0.109. The van der Waals surface area contributed by atoms with Crippen molar-refractivity contribution >= 4 is 28.5 Å². The van der Waals surface area contributed by atoms with Crippen LogP contribution < -0.4 is 9.64 Å². The van der Waals surface area contributed by atoms with Gasteiger partial charge in [0.1, 0.15) is 11.6 Å². The summed E-state index contributed by atoms with van der Waals surface area (Å²) in [4.78, 5) is 15.8. The van der Waals surface area contributed by atoms with E-state index in [-0.39, 0.29) is 24.1 Å². The summed E-state index contributed by atoms with van der Waals surface area (Å²) < 4.78 is 11.2. The molecular weight excluding hydrogens is 392 g/mol. The van der Waals surface area contributed by atoms with Crippen LogP contribution in [0.3, 0.4) is 0 Å². The van der Waals surface area contributed by atoms with Crippen molar-refractivity contribution < 1.29 is 14.6 Å². The molecule has 4 heterocycles. The summed E-state index contributed by atoms with van der Waals surface area (Å²) >= 11 is 6.25. The lowest BCUT2D eigenvalue weighted by atomic mass is 10.1. The number of morpholine rings is 1. The maximum atomic E-state index is 9.60. The van der Waals surface area contributed by atoms with Gasteiger partial charge in [-0.1, -0.05) is 0 Å². The van der Waals surface area contributed by atoms with Crippen molar-refractivity contribution in [2.24, 2.45) is 0 Å². The number of anilines is 1. The van der Waals surface area contributed by atoms with Crippen LogP contribution in [0, 0.1) is 0 Å². The second kappa shape index (κ2) is 7.40. The Balaban J connectivity index is 1.56. The molecule has 2 aromatic heterocycles. The van der Waals surface area contributed by atoms with Gasteiger partial charge in [0.2, 0.25) is 5.28 Å².